The molecule has 2 fully saturated rings. The van der Waals surface area contributed by atoms with Gasteiger partial charge in [0.2, 0.25) is 12.1 Å². The van der Waals surface area contributed by atoms with E-state index in [0.717, 1.165) is 0 Å². The molecule has 1 aromatic rings. The molecule has 1 saturated heterocycles. The number of aliphatic carboxylic acids is 1. The second-order valence-corrected chi connectivity index (χ2v) is 8.58. The van der Waals surface area contributed by atoms with Gasteiger partial charge in [0.1, 0.15) is 25.5 Å². The number of hydrogen-bond acceptors (Lipinski definition) is 12. The molecule has 1 aromatic carbocycles. The van der Waals surface area contributed by atoms with Crippen LogP contribution in [-0.2, 0) is 49.5 Å². The summed E-state index contributed by atoms with van der Waals surface area (Å²) >= 11 is 0. The van der Waals surface area contributed by atoms with Gasteiger partial charge in [-0.15, -0.1) is 0 Å². The zero-order chi connectivity index (χ0) is 28.7. The molecule has 1 aliphatic heterocycles. The highest BCUT2D eigenvalue weighted by Crippen LogP contribution is 2.63. The van der Waals surface area contributed by atoms with Gasteiger partial charge in [-0.25, -0.2) is 4.79 Å². The van der Waals surface area contributed by atoms with E-state index < -0.39 is 66.5 Å². The number of ether oxygens (including phenoxy) is 6. The van der Waals surface area contributed by atoms with Gasteiger partial charge in [0.15, 0.2) is 6.10 Å². The minimum Gasteiger partial charge on any atom is -0.480 e. The summed E-state index contributed by atoms with van der Waals surface area (Å²) in [7, 11) is 0. The smallest absolute Gasteiger partial charge is 0.407 e. The molecule has 1 amide bonds. The molecule has 14 heteroatoms. The summed E-state index contributed by atoms with van der Waals surface area (Å²) in [5.41, 5.74) is 6.34. The Kier molecular flexibility index (Phi) is 9.33. The van der Waals surface area contributed by atoms with Crippen LogP contribution in [0.2, 0.25) is 0 Å². The van der Waals surface area contributed by atoms with Crippen molar-refractivity contribution in [3.8, 4) is 17.6 Å². The zero-order valence-electron chi connectivity index (χ0n) is 21.4. The summed E-state index contributed by atoms with van der Waals surface area (Å²) in [6.07, 6.45) is -3.12. The standard InChI is InChI=1S/C25H28N2O12/c1-13(28)34-12-19-21-22(36-14(2)29)23(39-25(19,21)38-15(3)30)37-18-7-6-17(16(9-18)5-4-8-26)11-35-24(33)27-10-20(31)32/h6-7,9,19,21-23H,8,10-12,26H2,1-3H3,(H,27,33)(H,31,32)/t19-,21?,22?,23+,25?/m0/s1. The molecule has 0 aromatic heterocycles. The molecule has 0 radical (unpaired) electrons. The van der Waals surface area contributed by atoms with E-state index >= 15 is 0 Å². The first-order valence-electron chi connectivity index (χ1n) is 11.8. The van der Waals surface area contributed by atoms with Crippen LogP contribution in [-0.4, -0.2) is 73.0 Å². The third-order valence-corrected chi connectivity index (χ3v) is 5.70. The Morgan fingerprint density at radius 2 is 1.85 bits per heavy atom. The van der Waals surface area contributed by atoms with Crippen molar-refractivity contribution in [2.75, 3.05) is 19.7 Å². The second kappa shape index (κ2) is 12.5. The number of rotatable bonds is 10. The number of carboxylic acid groups (broad SMARTS) is 1. The SMILES string of the molecule is CC(=O)OC[C@H]1C2C(OC(C)=O)[C@H](Oc3ccc(COC(=O)NCC(=O)O)c(C#CCN)c3)OC21OC(C)=O. The van der Waals surface area contributed by atoms with Crippen LogP contribution in [0, 0.1) is 23.7 Å². The molecule has 39 heavy (non-hydrogen) atoms. The van der Waals surface area contributed by atoms with Crippen LogP contribution in [0.5, 0.6) is 5.75 Å². The Labute approximate surface area is 223 Å². The van der Waals surface area contributed by atoms with Gasteiger partial charge in [0.25, 0.3) is 0 Å². The minimum atomic E-state index is -1.51. The molecule has 5 atom stereocenters. The third-order valence-electron chi connectivity index (χ3n) is 5.70. The van der Waals surface area contributed by atoms with Crippen molar-refractivity contribution in [3.63, 3.8) is 0 Å². The molecule has 14 nitrogen and oxygen atoms in total. The lowest BCUT2D eigenvalue weighted by Crippen LogP contribution is -2.38. The molecule has 1 saturated carbocycles. The quantitative estimate of drug-likeness (QED) is 0.201. The Hall–Kier alpha value is -4.35. The van der Waals surface area contributed by atoms with Crippen LogP contribution in [0.25, 0.3) is 0 Å². The molecule has 1 aliphatic carbocycles. The van der Waals surface area contributed by atoms with Gasteiger partial charge in [0.05, 0.1) is 18.4 Å². The molecule has 0 spiro atoms. The van der Waals surface area contributed by atoms with Gasteiger partial charge in [0, 0.05) is 31.9 Å². The first-order valence-corrected chi connectivity index (χ1v) is 11.8. The van der Waals surface area contributed by atoms with Gasteiger partial charge in [-0.3, -0.25) is 23.9 Å². The van der Waals surface area contributed by atoms with Crippen molar-refractivity contribution in [2.45, 2.75) is 45.6 Å². The monoisotopic (exact) mass is 548 g/mol. The van der Waals surface area contributed by atoms with E-state index in [-0.39, 0.29) is 25.5 Å². The van der Waals surface area contributed by atoms with Crippen molar-refractivity contribution in [2.24, 2.45) is 17.6 Å². The Morgan fingerprint density at radius 1 is 1.10 bits per heavy atom. The molecule has 210 valence electrons. The van der Waals surface area contributed by atoms with Crippen molar-refractivity contribution in [1.82, 2.24) is 5.32 Å². The van der Waals surface area contributed by atoms with E-state index in [4.69, 9.17) is 39.3 Å². The average molecular weight is 549 g/mol. The van der Waals surface area contributed by atoms with Gasteiger partial charge in [-0.05, 0) is 12.1 Å². The predicted molar refractivity (Wildman–Crippen MR) is 127 cm³/mol. The maximum atomic E-state index is 11.9. The van der Waals surface area contributed by atoms with E-state index in [0.29, 0.717) is 11.1 Å². The molecule has 0 bridgehead atoms. The molecule has 1 heterocycles. The van der Waals surface area contributed by atoms with E-state index in [9.17, 15) is 24.0 Å². The van der Waals surface area contributed by atoms with Crippen LogP contribution >= 0.6 is 0 Å². The van der Waals surface area contributed by atoms with Crippen LogP contribution in [0.4, 0.5) is 4.79 Å². The van der Waals surface area contributed by atoms with Crippen molar-refractivity contribution in [1.29, 1.82) is 0 Å². The highest BCUT2D eigenvalue weighted by molar-refractivity contribution is 5.76. The largest absolute Gasteiger partial charge is 0.480 e. The first kappa shape index (κ1) is 29.2. The third kappa shape index (κ3) is 7.37. The predicted octanol–water partition coefficient (Wildman–Crippen LogP) is 0.0429. The molecular formula is C25H28N2O12. The second-order valence-electron chi connectivity index (χ2n) is 8.58. The molecular weight excluding hydrogens is 520 g/mol. The summed E-state index contributed by atoms with van der Waals surface area (Å²) in [4.78, 5) is 57.3. The van der Waals surface area contributed by atoms with Crippen molar-refractivity contribution in [3.05, 3.63) is 29.3 Å². The highest BCUT2D eigenvalue weighted by atomic mass is 16.8. The fourth-order valence-corrected chi connectivity index (χ4v) is 4.20. The number of carbonyl (C=O) groups is 5. The van der Waals surface area contributed by atoms with Crippen LogP contribution in [0.3, 0.4) is 0 Å². The Balaban J connectivity index is 1.80. The molecule has 3 rings (SSSR count). The summed E-state index contributed by atoms with van der Waals surface area (Å²) < 4.78 is 32.9. The number of alkyl carbamates (subject to hydrolysis) is 1. The lowest BCUT2D eigenvalue weighted by Gasteiger charge is -2.25. The summed E-state index contributed by atoms with van der Waals surface area (Å²) in [6, 6.07) is 4.60. The lowest BCUT2D eigenvalue weighted by molar-refractivity contribution is -0.235. The van der Waals surface area contributed by atoms with E-state index in [1.54, 1.807) is 6.07 Å². The Bertz CT molecular complexity index is 1210. The average Bonchev–Trinajstić information content (AvgIpc) is 3.35. The zero-order valence-corrected chi connectivity index (χ0v) is 21.4. The Morgan fingerprint density at radius 3 is 2.46 bits per heavy atom. The number of esters is 3. The van der Waals surface area contributed by atoms with Crippen LogP contribution in [0.1, 0.15) is 31.9 Å². The van der Waals surface area contributed by atoms with Crippen LogP contribution < -0.4 is 15.8 Å². The van der Waals surface area contributed by atoms with Gasteiger partial charge in [-0.2, -0.15) is 0 Å². The number of carbonyl (C=O) groups excluding carboxylic acids is 4. The van der Waals surface area contributed by atoms with E-state index in [2.05, 4.69) is 17.2 Å². The fraction of sp³-hybridized carbons (Fsp3) is 0.480. The maximum absolute atomic E-state index is 11.9. The van der Waals surface area contributed by atoms with Crippen LogP contribution in [0.15, 0.2) is 18.2 Å². The minimum absolute atomic E-state index is 0.0427. The van der Waals surface area contributed by atoms with Gasteiger partial charge < -0.3 is 39.8 Å². The molecule has 2 aliphatic rings. The van der Waals surface area contributed by atoms with Gasteiger partial charge in [-0.1, -0.05) is 17.9 Å². The van der Waals surface area contributed by atoms with Crippen molar-refractivity contribution >= 4 is 30.0 Å². The number of nitrogens with one attached hydrogen (secondary N) is 1. The van der Waals surface area contributed by atoms with E-state index in [1.165, 1.54) is 32.9 Å². The van der Waals surface area contributed by atoms with E-state index in [1.807, 2.05) is 0 Å². The highest BCUT2D eigenvalue weighted by Gasteiger charge is 2.81. The summed E-state index contributed by atoms with van der Waals surface area (Å²) in [5.74, 6) is -0.0224. The van der Waals surface area contributed by atoms with Crippen molar-refractivity contribution < 1.29 is 57.5 Å². The number of amides is 1. The topological polar surface area (TPSA) is 199 Å². The molecule has 4 N–H and O–H groups in total. The number of carboxylic acids is 1. The fourth-order valence-electron chi connectivity index (χ4n) is 4.20. The number of fused-ring (bicyclic) bond motifs is 1. The summed E-state index contributed by atoms with van der Waals surface area (Å²) in [6.45, 7) is 2.71. The molecule has 3 unspecified atom stereocenters. The number of benzene rings is 1. The normalized spacial score (nSPS) is 24.2. The first-order chi connectivity index (χ1) is 18.5. The lowest BCUT2D eigenvalue weighted by atomic mass is 10.1. The maximum Gasteiger partial charge on any atom is 0.407 e. The number of nitrogens with two attached hydrogens (primary N) is 1. The summed E-state index contributed by atoms with van der Waals surface area (Å²) in [5, 5.41) is 10.7. The van der Waals surface area contributed by atoms with Gasteiger partial charge >= 0.3 is 30.0 Å². The number of hydrogen-bond donors (Lipinski definition) is 3.